The summed E-state index contributed by atoms with van der Waals surface area (Å²) in [6.45, 7) is 2.12. The Morgan fingerprint density at radius 2 is 2.50 bits per heavy atom. The molecule has 14 heavy (non-hydrogen) atoms. The van der Waals surface area contributed by atoms with Crippen LogP contribution in [-0.2, 0) is 9.59 Å². The minimum atomic E-state index is -0.409. The summed E-state index contributed by atoms with van der Waals surface area (Å²) in [4.78, 5) is 22.2. The fourth-order valence-corrected chi connectivity index (χ4v) is 1.34. The Morgan fingerprint density at radius 3 is 3.00 bits per heavy atom. The fourth-order valence-electron chi connectivity index (χ4n) is 1.34. The molecule has 0 aromatic carbocycles. The highest BCUT2D eigenvalue weighted by atomic mass is 16.3. The third-order valence-corrected chi connectivity index (χ3v) is 2.17. The number of hydrogen-bond donors (Lipinski definition) is 3. The first-order chi connectivity index (χ1) is 6.59. The molecule has 1 fully saturated rings. The molecule has 0 aromatic heterocycles. The molecule has 0 radical (unpaired) electrons. The molecule has 1 rings (SSSR count). The van der Waals surface area contributed by atoms with Crippen molar-refractivity contribution in [3.63, 3.8) is 0 Å². The van der Waals surface area contributed by atoms with Crippen LogP contribution in [0.2, 0.25) is 0 Å². The van der Waals surface area contributed by atoms with Crippen molar-refractivity contribution in [2.45, 2.75) is 38.3 Å². The Morgan fingerprint density at radius 1 is 1.79 bits per heavy atom. The number of rotatable bonds is 4. The van der Waals surface area contributed by atoms with Crippen LogP contribution >= 0.6 is 0 Å². The molecule has 1 heterocycles. The topological polar surface area (TPSA) is 78.4 Å². The number of nitrogens with one attached hydrogen (secondary N) is 2. The summed E-state index contributed by atoms with van der Waals surface area (Å²) in [5.74, 6) is -0.225. The zero-order chi connectivity index (χ0) is 10.6. The number of carbonyl (C=O) groups is 2. The first kappa shape index (κ1) is 11.0. The highest BCUT2D eigenvalue weighted by Gasteiger charge is 2.26. The van der Waals surface area contributed by atoms with Crippen molar-refractivity contribution in [2.75, 3.05) is 6.54 Å². The predicted molar refractivity (Wildman–Crippen MR) is 50.5 cm³/mol. The van der Waals surface area contributed by atoms with E-state index in [4.69, 9.17) is 5.11 Å². The summed E-state index contributed by atoms with van der Waals surface area (Å²) < 4.78 is 0. The largest absolute Gasteiger partial charge is 0.393 e. The lowest BCUT2D eigenvalue weighted by Gasteiger charge is -2.11. The van der Waals surface area contributed by atoms with Crippen molar-refractivity contribution in [3.05, 3.63) is 0 Å². The van der Waals surface area contributed by atoms with Gasteiger partial charge < -0.3 is 15.7 Å². The maximum atomic E-state index is 11.4. The molecule has 0 aliphatic carbocycles. The molecule has 2 atom stereocenters. The highest BCUT2D eigenvalue weighted by molar-refractivity contribution is 5.90. The van der Waals surface area contributed by atoms with Crippen LogP contribution in [0, 0.1) is 0 Å². The summed E-state index contributed by atoms with van der Waals surface area (Å²) in [7, 11) is 0. The van der Waals surface area contributed by atoms with E-state index in [9.17, 15) is 9.59 Å². The molecule has 1 saturated heterocycles. The molecule has 0 saturated carbocycles. The van der Waals surface area contributed by atoms with Gasteiger partial charge >= 0.3 is 0 Å². The Hall–Kier alpha value is -1.10. The van der Waals surface area contributed by atoms with E-state index in [1.807, 2.05) is 0 Å². The van der Waals surface area contributed by atoms with Crippen LogP contribution < -0.4 is 10.6 Å². The second-order valence-electron chi connectivity index (χ2n) is 3.59. The second kappa shape index (κ2) is 4.95. The molecule has 1 unspecified atom stereocenters. The van der Waals surface area contributed by atoms with E-state index in [1.165, 1.54) is 0 Å². The first-order valence-corrected chi connectivity index (χ1v) is 4.84. The first-order valence-electron chi connectivity index (χ1n) is 4.84. The van der Waals surface area contributed by atoms with E-state index >= 15 is 0 Å². The van der Waals surface area contributed by atoms with Gasteiger partial charge in [-0.1, -0.05) is 0 Å². The summed E-state index contributed by atoms with van der Waals surface area (Å²) in [6, 6.07) is -0.378. The molecule has 5 nitrogen and oxygen atoms in total. The Kier molecular flexibility index (Phi) is 3.88. The normalized spacial score (nSPS) is 23.0. The number of amides is 2. The Bertz CT molecular complexity index is 228. The maximum absolute atomic E-state index is 11.4. The summed E-state index contributed by atoms with van der Waals surface area (Å²) in [5.41, 5.74) is 0. The number of hydrogen-bond acceptors (Lipinski definition) is 3. The molecule has 0 bridgehead atoms. The third-order valence-electron chi connectivity index (χ3n) is 2.17. The SMILES string of the molecule is CC(O)CCNC(=O)[C@@H]1CCC(=O)N1. The minimum absolute atomic E-state index is 0.0688. The van der Waals surface area contributed by atoms with Crippen LogP contribution in [0.5, 0.6) is 0 Å². The molecule has 1 aliphatic rings. The number of carbonyl (C=O) groups excluding carboxylic acids is 2. The number of aliphatic hydroxyl groups excluding tert-OH is 1. The zero-order valence-electron chi connectivity index (χ0n) is 8.25. The van der Waals surface area contributed by atoms with Gasteiger partial charge in [-0.15, -0.1) is 0 Å². The smallest absolute Gasteiger partial charge is 0.242 e. The molecule has 3 N–H and O–H groups in total. The van der Waals surface area contributed by atoms with E-state index in [1.54, 1.807) is 6.92 Å². The van der Waals surface area contributed by atoms with E-state index in [0.717, 1.165) is 0 Å². The fraction of sp³-hybridized carbons (Fsp3) is 0.778. The molecule has 0 aromatic rings. The van der Waals surface area contributed by atoms with E-state index in [2.05, 4.69) is 10.6 Å². The van der Waals surface area contributed by atoms with Crippen molar-refractivity contribution in [1.29, 1.82) is 0 Å². The van der Waals surface area contributed by atoms with Gasteiger partial charge in [0.2, 0.25) is 11.8 Å². The Labute approximate surface area is 82.9 Å². The van der Waals surface area contributed by atoms with Gasteiger partial charge in [0.1, 0.15) is 6.04 Å². The van der Waals surface area contributed by atoms with Crippen molar-refractivity contribution in [3.8, 4) is 0 Å². The third kappa shape index (κ3) is 3.33. The standard InChI is InChI=1S/C9H16N2O3/c1-6(12)4-5-10-9(14)7-2-3-8(13)11-7/h6-7,12H,2-5H2,1H3,(H,10,14)(H,11,13)/t6?,7-/m0/s1. The van der Waals surface area contributed by atoms with Gasteiger partial charge in [0.15, 0.2) is 0 Å². The minimum Gasteiger partial charge on any atom is -0.393 e. The van der Waals surface area contributed by atoms with Crippen LogP contribution in [-0.4, -0.2) is 35.6 Å². The summed E-state index contributed by atoms with van der Waals surface area (Å²) in [6.07, 6.45) is 1.12. The van der Waals surface area contributed by atoms with Crippen LogP contribution in [0.1, 0.15) is 26.2 Å². The lowest BCUT2D eigenvalue weighted by atomic mass is 10.2. The molecular weight excluding hydrogens is 184 g/mol. The average molecular weight is 200 g/mol. The molecule has 5 heteroatoms. The summed E-state index contributed by atoms with van der Waals surface area (Å²) >= 11 is 0. The zero-order valence-corrected chi connectivity index (χ0v) is 8.25. The van der Waals surface area contributed by atoms with Crippen molar-refractivity contribution < 1.29 is 14.7 Å². The molecule has 2 amide bonds. The second-order valence-corrected chi connectivity index (χ2v) is 3.59. The van der Waals surface area contributed by atoms with E-state index in [-0.39, 0.29) is 17.9 Å². The molecule has 0 spiro atoms. The summed E-state index contributed by atoms with van der Waals surface area (Å²) in [5, 5.41) is 14.2. The maximum Gasteiger partial charge on any atom is 0.242 e. The highest BCUT2D eigenvalue weighted by Crippen LogP contribution is 2.05. The van der Waals surface area contributed by atoms with Crippen molar-refractivity contribution in [1.82, 2.24) is 10.6 Å². The van der Waals surface area contributed by atoms with Gasteiger partial charge in [-0.3, -0.25) is 9.59 Å². The quantitative estimate of drug-likeness (QED) is 0.553. The lowest BCUT2D eigenvalue weighted by molar-refractivity contribution is -0.125. The lowest BCUT2D eigenvalue weighted by Crippen LogP contribution is -2.42. The number of aliphatic hydroxyl groups is 1. The van der Waals surface area contributed by atoms with E-state index in [0.29, 0.717) is 25.8 Å². The van der Waals surface area contributed by atoms with Gasteiger partial charge in [-0.25, -0.2) is 0 Å². The van der Waals surface area contributed by atoms with Crippen LogP contribution in [0.25, 0.3) is 0 Å². The van der Waals surface area contributed by atoms with Crippen LogP contribution in [0.3, 0.4) is 0 Å². The van der Waals surface area contributed by atoms with Gasteiger partial charge in [0, 0.05) is 13.0 Å². The van der Waals surface area contributed by atoms with Gasteiger partial charge in [0.25, 0.3) is 0 Å². The van der Waals surface area contributed by atoms with Crippen molar-refractivity contribution >= 4 is 11.8 Å². The van der Waals surface area contributed by atoms with Crippen LogP contribution in [0.15, 0.2) is 0 Å². The monoisotopic (exact) mass is 200 g/mol. The van der Waals surface area contributed by atoms with Gasteiger partial charge in [0.05, 0.1) is 6.10 Å². The average Bonchev–Trinajstić information content (AvgIpc) is 2.51. The predicted octanol–water partition coefficient (Wildman–Crippen LogP) is -0.848. The molecule has 1 aliphatic heterocycles. The van der Waals surface area contributed by atoms with Gasteiger partial charge in [-0.05, 0) is 19.8 Å². The van der Waals surface area contributed by atoms with Crippen molar-refractivity contribution in [2.24, 2.45) is 0 Å². The van der Waals surface area contributed by atoms with E-state index < -0.39 is 6.10 Å². The van der Waals surface area contributed by atoms with Crippen LogP contribution in [0.4, 0.5) is 0 Å². The molecular formula is C9H16N2O3. The molecule has 80 valence electrons. The Balaban J connectivity index is 2.18. The van der Waals surface area contributed by atoms with Gasteiger partial charge in [-0.2, -0.15) is 0 Å².